The molecule has 4 aromatic rings. The summed E-state index contributed by atoms with van der Waals surface area (Å²) in [5, 5.41) is 3.62. The first-order valence-corrected chi connectivity index (χ1v) is 13.5. The summed E-state index contributed by atoms with van der Waals surface area (Å²) in [6, 6.07) is 11.9. The van der Waals surface area contributed by atoms with Gasteiger partial charge in [-0.25, -0.2) is 9.97 Å². The summed E-state index contributed by atoms with van der Waals surface area (Å²) in [5.74, 6) is 0.821. The molecule has 2 aromatic carbocycles. The van der Waals surface area contributed by atoms with Crippen molar-refractivity contribution in [2.75, 3.05) is 11.9 Å². The fourth-order valence-corrected chi connectivity index (χ4v) is 5.36. The molecule has 0 aliphatic heterocycles. The number of alkyl halides is 6. The first-order valence-electron chi connectivity index (χ1n) is 13.5. The largest absolute Gasteiger partial charge is 0.418 e. The second-order valence-corrected chi connectivity index (χ2v) is 10.2. The summed E-state index contributed by atoms with van der Waals surface area (Å²) in [5.41, 5.74) is -0.807. The van der Waals surface area contributed by atoms with Crippen molar-refractivity contribution in [2.24, 2.45) is 0 Å². The van der Waals surface area contributed by atoms with Gasteiger partial charge in [0, 0.05) is 28.9 Å². The third-order valence-electron chi connectivity index (χ3n) is 7.45. The van der Waals surface area contributed by atoms with Gasteiger partial charge < -0.3 is 5.32 Å². The molecule has 0 amide bonds. The number of nitrogens with zero attached hydrogens (tertiary/aromatic N) is 4. The third kappa shape index (κ3) is 6.61. The Morgan fingerprint density at radius 3 is 2.27 bits per heavy atom. The lowest BCUT2D eigenvalue weighted by molar-refractivity contribution is -0.138. The quantitative estimate of drug-likeness (QED) is 0.224. The Hall–Kier alpha value is -3.73. The maximum absolute atomic E-state index is 13.7. The van der Waals surface area contributed by atoms with Gasteiger partial charge >= 0.3 is 12.4 Å². The average Bonchev–Trinajstić information content (AvgIpc) is 2.95. The minimum Gasteiger partial charge on any atom is -0.340 e. The van der Waals surface area contributed by atoms with Gasteiger partial charge in [0.2, 0.25) is 0 Å². The SMILES string of the molecule is CCN(Cc1nc(Nc2ccc(C(F)(F)F)cc2)c2ccc(-c3ncccc3C(F)(F)F)cc2n1)C1CCCCC1. The Morgan fingerprint density at radius 2 is 1.61 bits per heavy atom. The molecular formula is C30H29F6N5. The Labute approximate surface area is 233 Å². The molecule has 216 valence electrons. The second-order valence-electron chi connectivity index (χ2n) is 10.2. The van der Waals surface area contributed by atoms with Crippen LogP contribution in [0.3, 0.4) is 0 Å². The summed E-state index contributed by atoms with van der Waals surface area (Å²) in [7, 11) is 0. The van der Waals surface area contributed by atoms with E-state index in [1.165, 1.54) is 36.9 Å². The van der Waals surface area contributed by atoms with Crippen LogP contribution in [0.15, 0.2) is 60.8 Å². The molecule has 0 bridgehead atoms. The fraction of sp³-hybridized carbons (Fsp3) is 0.367. The maximum atomic E-state index is 13.7. The summed E-state index contributed by atoms with van der Waals surface area (Å²) in [6.45, 7) is 3.27. The number of pyridine rings is 1. The lowest BCUT2D eigenvalue weighted by atomic mass is 9.94. The zero-order valence-electron chi connectivity index (χ0n) is 22.4. The molecular weight excluding hydrogens is 544 g/mol. The molecule has 41 heavy (non-hydrogen) atoms. The maximum Gasteiger partial charge on any atom is 0.418 e. The van der Waals surface area contributed by atoms with Crippen molar-refractivity contribution in [1.82, 2.24) is 19.9 Å². The molecule has 0 saturated heterocycles. The highest BCUT2D eigenvalue weighted by molar-refractivity contribution is 5.93. The van der Waals surface area contributed by atoms with Crippen LogP contribution in [0.1, 0.15) is 56.0 Å². The van der Waals surface area contributed by atoms with Crippen LogP contribution in [0, 0.1) is 0 Å². The minimum absolute atomic E-state index is 0.211. The van der Waals surface area contributed by atoms with Crippen molar-refractivity contribution >= 4 is 22.4 Å². The smallest absolute Gasteiger partial charge is 0.340 e. The number of nitrogens with one attached hydrogen (secondary N) is 1. The summed E-state index contributed by atoms with van der Waals surface area (Å²) >= 11 is 0. The van der Waals surface area contributed by atoms with Crippen LogP contribution in [0.25, 0.3) is 22.2 Å². The second kappa shape index (κ2) is 11.6. The van der Waals surface area contributed by atoms with Crippen molar-refractivity contribution in [3.05, 3.63) is 77.7 Å². The molecule has 0 atom stereocenters. The molecule has 2 aromatic heterocycles. The summed E-state index contributed by atoms with van der Waals surface area (Å²) in [6.07, 6.45) is -2.10. The highest BCUT2D eigenvalue weighted by atomic mass is 19.4. The van der Waals surface area contributed by atoms with E-state index in [-0.39, 0.29) is 11.3 Å². The van der Waals surface area contributed by atoms with Crippen molar-refractivity contribution < 1.29 is 26.3 Å². The van der Waals surface area contributed by atoms with Crippen LogP contribution in [0.2, 0.25) is 0 Å². The van der Waals surface area contributed by atoms with E-state index in [1.54, 1.807) is 12.1 Å². The van der Waals surface area contributed by atoms with Gasteiger partial charge in [-0.3, -0.25) is 9.88 Å². The first kappa shape index (κ1) is 28.8. The van der Waals surface area contributed by atoms with Gasteiger partial charge in [-0.15, -0.1) is 0 Å². The molecule has 1 aliphatic carbocycles. The summed E-state index contributed by atoms with van der Waals surface area (Å²) in [4.78, 5) is 15.8. The van der Waals surface area contributed by atoms with Crippen LogP contribution in [-0.2, 0) is 18.9 Å². The van der Waals surface area contributed by atoms with Gasteiger partial charge in [0.05, 0.1) is 28.9 Å². The number of benzene rings is 2. The zero-order chi connectivity index (χ0) is 29.2. The number of anilines is 2. The van der Waals surface area contributed by atoms with Gasteiger partial charge in [-0.05, 0) is 67.9 Å². The Morgan fingerprint density at radius 1 is 0.878 bits per heavy atom. The molecule has 0 radical (unpaired) electrons. The van der Waals surface area contributed by atoms with Crippen LogP contribution >= 0.6 is 0 Å². The van der Waals surface area contributed by atoms with Gasteiger partial charge in [0.15, 0.2) is 0 Å². The topological polar surface area (TPSA) is 53.9 Å². The number of rotatable bonds is 7. The van der Waals surface area contributed by atoms with Crippen molar-refractivity contribution in [2.45, 2.75) is 64.0 Å². The van der Waals surface area contributed by atoms with Gasteiger partial charge in [-0.1, -0.05) is 32.3 Å². The highest BCUT2D eigenvalue weighted by Crippen LogP contribution is 2.37. The third-order valence-corrected chi connectivity index (χ3v) is 7.45. The normalized spacial score (nSPS) is 15.0. The molecule has 1 fully saturated rings. The van der Waals surface area contributed by atoms with Crippen LogP contribution < -0.4 is 5.32 Å². The molecule has 11 heteroatoms. The van der Waals surface area contributed by atoms with Crippen LogP contribution in [0.5, 0.6) is 0 Å². The lowest BCUT2D eigenvalue weighted by Crippen LogP contribution is -2.36. The first-order chi connectivity index (χ1) is 19.5. The van der Waals surface area contributed by atoms with Crippen LogP contribution in [0.4, 0.5) is 37.8 Å². The molecule has 5 nitrogen and oxygen atoms in total. The van der Waals surface area contributed by atoms with E-state index in [0.29, 0.717) is 40.8 Å². The van der Waals surface area contributed by atoms with Crippen molar-refractivity contribution in [1.29, 1.82) is 0 Å². The van der Waals surface area contributed by atoms with E-state index < -0.39 is 23.5 Å². The molecule has 5 rings (SSSR count). The van der Waals surface area contributed by atoms with E-state index in [1.807, 2.05) is 0 Å². The van der Waals surface area contributed by atoms with E-state index >= 15 is 0 Å². The number of hydrogen-bond acceptors (Lipinski definition) is 5. The lowest BCUT2D eigenvalue weighted by Gasteiger charge is -2.33. The standard InChI is InChI=1S/C30H29F6N5/c1-2-41(22-7-4-3-5-8-22)18-26-39-25-17-19(27-24(30(34,35)36)9-6-16-37-27)10-15-23(25)28(40-26)38-21-13-11-20(12-14-21)29(31,32)33/h6,9-17,22H,2-5,7-8,18H2,1H3,(H,38,39,40). The predicted molar refractivity (Wildman–Crippen MR) is 145 cm³/mol. The zero-order valence-corrected chi connectivity index (χ0v) is 22.4. The van der Waals surface area contributed by atoms with Crippen LogP contribution in [-0.4, -0.2) is 32.4 Å². The number of aromatic nitrogens is 3. The van der Waals surface area contributed by atoms with Gasteiger partial charge in [-0.2, -0.15) is 26.3 Å². The van der Waals surface area contributed by atoms with Crippen molar-refractivity contribution in [3.63, 3.8) is 0 Å². The number of fused-ring (bicyclic) bond motifs is 1. The molecule has 1 N–H and O–H groups in total. The number of halogens is 6. The highest BCUT2D eigenvalue weighted by Gasteiger charge is 2.34. The monoisotopic (exact) mass is 573 g/mol. The van der Waals surface area contributed by atoms with Gasteiger partial charge in [0.25, 0.3) is 0 Å². The van der Waals surface area contributed by atoms with Gasteiger partial charge in [0.1, 0.15) is 11.6 Å². The Kier molecular flexibility index (Phi) is 8.17. The molecule has 2 heterocycles. The molecule has 1 saturated carbocycles. The average molecular weight is 574 g/mol. The fourth-order valence-electron chi connectivity index (χ4n) is 5.36. The van der Waals surface area contributed by atoms with E-state index in [2.05, 4.69) is 22.1 Å². The Balaban J connectivity index is 1.57. The summed E-state index contributed by atoms with van der Waals surface area (Å²) < 4.78 is 80.4. The molecule has 0 unspecified atom stereocenters. The minimum atomic E-state index is -4.59. The van der Waals surface area contributed by atoms with E-state index in [9.17, 15) is 26.3 Å². The molecule has 0 spiro atoms. The predicted octanol–water partition coefficient (Wildman–Crippen LogP) is 8.63. The number of hydrogen-bond donors (Lipinski definition) is 1. The Bertz CT molecular complexity index is 1490. The van der Waals surface area contributed by atoms with E-state index in [4.69, 9.17) is 9.97 Å². The van der Waals surface area contributed by atoms with E-state index in [0.717, 1.165) is 50.4 Å². The van der Waals surface area contributed by atoms with Crippen molar-refractivity contribution in [3.8, 4) is 11.3 Å². The molecule has 1 aliphatic rings.